The van der Waals surface area contributed by atoms with Gasteiger partial charge < -0.3 is 23.7 Å². The van der Waals surface area contributed by atoms with Gasteiger partial charge in [-0.1, -0.05) is 0 Å². The molecule has 2 aliphatic rings. The van der Waals surface area contributed by atoms with Crippen molar-refractivity contribution in [2.45, 2.75) is 58.1 Å². The van der Waals surface area contributed by atoms with Gasteiger partial charge in [-0.25, -0.2) is 4.79 Å². The zero-order chi connectivity index (χ0) is 25.1. The van der Waals surface area contributed by atoms with E-state index in [0.717, 1.165) is 66.8 Å². The van der Waals surface area contributed by atoms with Crippen molar-refractivity contribution in [2.75, 3.05) is 26.3 Å². The number of carbonyl (C=O) groups is 1. The molecule has 2 fully saturated rings. The van der Waals surface area contributed by atoms with Gasteiger partial charge in [0.15, 0.2) is 0 Å². The number of carbonyl (C=O) groups excluding carboxylic acids is 1. The molecule has 1 amide bonds. The third-order valence-electron chi connectivity index (χ3n) is 7.35. The minimum atomic E-state index is -0.355. The highest BCUT2D eigenvalue weighted by Gasteiger charge is 2.28. The van der Waals surface area contributed by atoms with E-state index in [1.807, 2.05) is 38.1 Å². The van der Waals surface area contributed by atoms with E-state index in [1.165, 1.54) is 6.42 Å². The zero-order valence-electron chi connectivity index (χ0n) is 21.0. The first-order valence-electron chi connectivity index (χ1n) is 13.0. The molecule has 0 bridgehead atoms. The van der Waals surface area contributed by atoms with Crippen LogP contribution in [-0.4, -0.2) is 48.0 Å². The van der Waals surface area contributed by atoms with Crippen molar-refractivity contribution in [3.63, 3.8) is 0 Å². The number of fused-ring (bicyclic) bond motifs is 1. The summed E-state index contributed by atoms with van der Waals surface area (Å²) in [6.07, 6.45) is 4.95. The van der Waals surface area contributed by atoms with E-state index in [1.54, 1.807) is 17.0 Å². The Balaban J connectivity index is 1.51. The third kappa shape index (κ3) is 4.66. The fourth-order valence-electron chi connectivity index (χ4n) is 5.10. The number of hydrogen-bond donors (Lipinski definition) is 0. The average Bonchev–Trinajstić information content (AvgIpc) is 3.18. The maximum Gasteiger partial charge on any atom is 0.415 e. The normalized spacial score (nSPS) is 16.4. The predicted molar refractivity (Wildman–Crippen MR) is 138 cm³/mol. The van der Waals surface area contributed by atoms with Gasteiger partial charge >= 0.3 is 6.09 Å². The summed E-state index contributed by atoms with van der Waals surface area (Å²) < 4.78 is 19.6. The molecule has 0 N–H and O–H groups in total. The lowest BCUT2D eigenvalue weighted by molar-refractivity contribution is 0.0256. The van der Waals surface area contributed by atoms with Crippen LogP contribution >= 0.6 is 0 Å². The Labute approximate surface area is 212 Å². The van der Waals surface area contributed by atoms with Crippen molar-refractivity contribution in [2.24, 2.45) is 0 Å². The second-order valence-electron chi connectivity index (χ2n) is 9.46. The molecular weight excluding hydrogens is 454 g/mol. The van der Waals surface area contributed by atoms with Crippen LogP contribution in [0.25, 0.3) is 22.2 Å². The van der Waals surface area contributed by atoms with Gasteiger partial charge in [-0.3, -0.25) is 0 Å². The molecule has 1 aliphatic heterocycles. The highest BCUT2D eigenvalue weighted by Crippen LogP contribution is 2.43. The van der Waals surface area contributed by atoms with Gasteiger partial charge in [0.2, 0.25) is 0 Å². The smallest absolute Gasteiger partial charge is 0.415 e. The molecule has 1 aromatic heterocycles. The topological polar surface area (TPSA) is 76.7 Å². The first-order valence-corrected chi connectivity index (χ1v) is 13.0. The quantitative estimate of drug-likeness (QED) is 0.391. The first kappa shape index (κ1) is 24.2. The summed E-state index contributed by atoms with van der Waals surface area (Å²) in [5, 5.41) is 11.1. The second-order valence-corrected chi connectivity index (χ2v) is 9.46. The Morgan fingerprint density at radius 3 is 2.36 bits per heavy atom. The highest BCUT2D eigenvalue weighted by atomic mass is 16.6. The van der Waals surface area contributed by atoms with Gasteiger partial charge in [-0.2, -0.15) is 5.26 Å². The first-order chi connectivity index (χ1) is 17.6. The lowest BCUT2D eigenvalue weighted by Gasteiger charge is -2.30. The molecule has 0 radical (unpaired) electrons. The average molecular weight is 488 g/mol. The van der Waals surface area contributed by atoms with E-state index in [9.17, 15) is 10.1 Å². The van der Waals surface area contributed by atoms with Gasteiger partial charge in [0, 0.05) is 43.4 Å². The minimum absolute atomic E-state index is 0.157. The maximum absolute atomic E-state index is 12.3. The molecule has 36 heavy (non-hydrogen) atoms. The molecular formula is C29H33N3O4. The van der Waals surface area contributed by atoms with Crippen LogP contribution in [0.3, 0.4) is 0 Å². The Morgan fingerprint density at radius 2 is 1.75 bits per heavy atom. The summed E-state index contributed by atoms with van der Waals surface area (Å²) in [7, 11) is 0. The molecule has 7 heteroatoms. The van der Waals surface area contributed by atoms with E-state index in [4.69, 9.17) is 14.2 Å². The van der Waals surface area contributed by atoms with Crippen molar-refractivity contribution in [3.05, 3.63) is 48.0 Å². The fourth-order valence-corrected chi connectivity index (χ4v) is 5.10. The number of amides is 1. The van der Waals surface area contributed by atoms with Crippen LogP contribution < -0.4 is 9.47 Å². The number of nitrogens with zero attached hydrogens (tertiary/aromatic N) is 3. The summed E-state index contributed by atoms with van der Waals surface area (Å²) in [5.41, 5.74) is 3.56. The zero-order valence-corrected chi connectivity index (χ0v) is 21.0. The number of hydrogen-bond acceptors (Lipinski definition) is 5. The minimum Gasteiger partial charge on any atom is -0.490 e. The predicted octanol–water partition coefficient (Wildman–Crippen LogP) is 6.30. The SMILES string of the molecule is CCN(CC)C(=O)Oc1ccc(-c2c(C#N)c3ccc(OC4CCOCC4)cc3n2C2CCC2)cc1. The number of nitriles is 1. The third-order valence-corrected chi connectivity index (χ3v) is 7.35. The molecule has 0 atom stereocenters. The molecule has 0 unspecified atom stereocenters. The standard InChI is InChI=1S/C29H33N3O4/c1-3-31(4-2)29(33)36-22-10-8-20(9-11-22)28-26(19-30)25-13-12-24(35-23-14-16-34-17-15-23)18-27(25)32(28)21-6-5-7-21/h8-13,18,21,23H,3-7,14-17H2,1-2H3. The van der Waals surface area contributed by atoms with E-state index in [-0.39, 0.29) is 12.2 Å². The van der Waals surface area contributed by atoms with E-state index in [2.05, 4.69) is 16.7 Å². The van der Waals surface area contributed by atoms with Gasteiger partial charge in [-0.05, 0) is 75.1 Å². The van der Waals surface area contributed by atoms with Crippen LogP contribution in [0.5, 0.6) is 11.5 Å². The lowest BCUT2D eigenvalue weighted by atomic mass is 9.92. The monoisotopic (exact) mass is 487 g/mol. The van der Waals surface area contributed by atoms with Crippen molar-refractivity contribution < 1.29 is 19.0 Å². The van der Waals surface area contributed by atoms with E-state index in [0.29, 0.717) is 30.4 Å². The Hall–Kier alpha value is -3.50. The molecule has 1 saturated carbocycles. The highest BCUT2D eigenvalue weighted by molar-refractivity contribution is 5.95. The summed E-state index contributed by atoms with van der Waals surface area (Å²) >= 11 is 0. The largest absolute Gasteiger partial charge is 0.490 e. The fraction of sp³-hybridized carbons (Fsp3) is 0.448. The second kappa shape index (κ2) is 10.6. The van der Waals surface area contributed by atoms with Crippen molar-refractivity contribution in [1.29, 1.82) is 5.26 Å². The summed E-state index contributed by atoms with van der Waals surface area (Å²) in [5.74, 6) is 1.33. The molecule has 2 heterocycles. The van der Waals surface area contributed by atoms with Crippen molar-refractivity contribution in [1.82, 2.24) is 9.47 Å². The van der Waals surface area contributed by atoms with E-state index >= 15 is 0 Å². The van der Waals surface area contributed by atoms with Crippen molar-refractivity contribution >= 4 is 17.0 Å². The van der Waals surface area contributed by atoms with Crippen LogP contribution in [0.4, 0.5) is 4.79 Å². The van der Waals surface area contributed by atoms with Gasteiger partial charge in [0.1, 0.15) is 23.7 Å². The molecule has 1 aliphatic carbocycles. The van der Waals surface area contributed by atoms with Gasteiger partial charge in [0.25, 0.3) is 0 Å². The summed E-state index contributed by atoms with van der Waals surface area (Å²) in [6, 6.07) is 16.4. The maximum atomic E-state index is 12.3. The number of ether oxygens (including phenoxy) is 3. The Kier molecular flexibility index (Phi) is 7.15. The van der Waals surface area contributed by atoms with E-state index < -0.39 is 0 Å². The molecule has 5 rings (SSSR count). The van der Waals surface area contributed by atoms with Crippen molar-refractivity contribution in [3.8, 4) is 28.8 Å². The Bertz CT molecular complexity index is 1260. The molecule has 2 aromatic carbocycles. The molecule has 7 nitrogen and oxygen atoms in total. The van der Waals surface area contributed by atoms with Gasteiger partial charge in [0.05, 0.1) is 30.0 Å². The van der Waals surface area contributed by atoms with Crippen LogP contribution in [0, 0.1) is 11.3 Å². The lowest BCUT2D eigenvalue weighted by Crippen LogP contribution is -2.33. The molecule has 3 aromatic rings. The van der Waals surface area contributed by atoms with Gasteiger partial charge in [-0.15, -0.1) is 0 Å². The molecule has 0 spiro atoms. The number of rotatable bonds is 7. The van der Waals surface area contributed by atoms with Crippen LogP contribution in [0.2, 0.25) is 0 Å². The Morgan fingerprint density at radius 1 is 1.06 bits per heavy atom. The molecule has 1 saturated heterocycles. The van der Waals surface area contributed by atoms with Crippen LogP contribution in [0.1, 0.15) is 57.6 Å². The number of aromatic nitrogens is 1. The molecule has 188 valence electrons. The summed E-state index contributed by atoms with van der Waals surface area (Å²) in [6.45, 7) is 6.51. The summed E-state index contributed by atoms with van der Waals surface area (Å²) in [4.78, 5) is 14.0. The number of benzene rings is 2. The van der Waals surface area contributed by atoms with Crippen LogP contribution in [0.15, 0.2) is 42.5 Å². The van der Waals surface area contributed by atoms with Crippen LogP contribution in [-0.2, 0) is 4.74 Å².